The number of ether oxygens (including phenoxy) is 1. The van der Waals surface area contributed by atoms with Crippen molar-refractivity contribution in [1.29, 1.82) is 0 Å². The number of nitrogens with one attached hydrogen (secondary N) is 1. The Morgan fingerprint density at radius 3 is 2.24 bits per heavy atom. The minimum atomic E-state index is -4.69. The lowest BCUT2D eigenvalue weighted by molar-refractivity contribution is -0.688. The van der Waals surface area contributed by atoms with Gasteiger partial charge in [-0.3, -0.25) is 4.79 Å². The number of pyridine rings is 1. The Labute approximate surface area is 212 Å². The van der Waals surface area contributed by atoms with Crippen LogP contribution in [0.5, 0.6) is 5.75 Å². The zero-order chi connectivity index (χ0) is 23.1. The fraction of sp³-hybridized carbons (Fsp3) is 0.182. The molecule has 3 rings (SSSR count). The van der Waals surface area contributed by atoms with Crippen molar-refractivity contribution >= 4 is 39.3 Å². The van der Waals surface area contributed by atoms with E-state index in [0.717, 1.165) is 11.1 Å². The van der Waals surface area contributed by atoms with Crippen LogP contribution in [-0.2, 0) is 28.0 Å². The van der Waals surface area contributed by atoms with Crippen LogP contribution >= 0.6 is 23.2 Å². The third kappa shape index (κ3) is 8.58. The number of aromatic nitrogens is 1. The number of benzene rings is 2. The third-order valence-electron chi connectivity index (χ3n) is 4.53. The van der Waals surface area contributed by atoms with Gasteiger partial charge in [-0.15, -0.1) is 3.89 Å². The summed E-state index contributed by atoms with van der Waals surface area (Å²) in [5, 5.41) is 3.56. The molecule has 1 amide bonds. The summed E-state index contributed by atoms with van der Waals surface area (Å²) >= 11 is 11.7. The van der Waals surface area contributed by atoms with E-state index in [2.05, 4.69) is 5.32 Å². The highest BCUT2D eigenvalue weighted by Crippen LogP contribution is 2.26. The summed E-state index contributed by atoms with van der Waals surface area (Å²) in [5.74, 6) is 0.212. The lowest BCUT2D eigenvalue weighted by atomic mass is 10.2. The second-order valence-electron chi connectivity index (χ2n) is 6.93. The molecule has 2 aromatic carbocycles. The molecular formula is C22H20BrCl2FN2O4S. The largest absolute Gasteiger partial charge is 1.00 e. The van der Waals surface area contributed by atoms with Gasteiger partial charge >= 0.3 is 10.2 Å². The topological polar surface area (TPSA) is 76.3 Å². The van der Waals surface area contributed by atoms with Gasteiger partial charge in [0.25, 0.3) is 5.91 Å². The predicted molar refractivity (Wildman–Crippen MR) is 119 cm³/mol. The Morgan fingerprint density at radius 1 is 0.970 bits per heavy atom. The lowest BCUT2D eigenvalue weighted by Crippen LogP contribution is -3.00. The summed E-state index contributed by atoms with van der Waals surface area (Å²) in [5.41, 5.74) is 1.87. The maximum atomic E-state index is 12.9. The van der Waals surface area contributed by atoms with E-state index in [9.17, 15) is 17.1 Å². The number of carbonyl (C=O) groups is 1. The van der Waals surface area contributed by atoms with Gasteiger partial charge in [-0.1, -0.05) is 35.3 Å². The first-order valence-corrected chi connectivity index (χ1v) is 11.7. The minimum absolute atomic E-state index is 0. The molecule has 0 aliphatic heterocycles. The molecule has 0 bridgehead atoms. The number of amides is 1. The third-order valence-corrected chi connectivity index (χ3v) is 6.10. The van der Waals surface area contributed by atoms with Gasteiger partial charge in [0.1, 0.15) is 5.75 Å². The quantitative estimate of drug-likeness (QED) is 0.300. The van der Waals surface area contributed by atoms with Gasteiger partial charge in [-0.05, 0) is 36.2 Å². The van der Waals surface area contributed by atoms with E-state index in [1.807, 2.05) is 29.1 Å². The fourth-order valence-corrected chi connectivity index (χ4v) is 3.59. The van der Waals surface area contributed by atoms with Gasteiger partial charge in [0.05, 0.1) is 14.9 Å². The first-order chi connectivity index (χ1) is 15.2. The zero-order valence-corrected chi connectivity index (χ0v) is 21.1. The average molecular weight is 578 g/mol. The highest BCUT2D eigenvalue weighted by molar-refractivity contribution is 7.86. The Bertz CT molecular complexity index is 1190. The first-order valence-electron chi connectivity index (χ1n) is 9.57. The van der Waals surface area contributed by atoms with E-state index in [1.54, 1.807) is 30.3 Å². The second kappa shape index (κ2) is 12.3. The molecular weight excluding hydrogens is 558 g/mol. The van der Waals surface area contributed by atoms with E-state index < -0.39 is 10.2 Å². The summed E-state index contributed by atoms with van der Waals surface area (Å²) in [7, 11) is -4.69. The van der Waals surface area contributed by atoms with Crippen LogP contribution in [0.1, 0.15) is 11.1 Å². The maximum Gasteiger partial charge on any atom is 0.332 e. The van der Waals surface area contributed by atoms with Crippen LogP contribution in [0.3, 0.4) is 0 Å². The Hall–Kier alpha value is -2.20. The van der Waals surface area contributed by atoms with Gasteiger partial charge in [0.2, 0.25) is 0 Å². The molecule has 33 heavy (non-hydrogen) atoms. The molecule has 1 N–H and O–H groups in total. The summed E-state index contributed by atoms with van der Waals surface area (Å²) in [4.78, 5) is 11.6. The number of hydrogen-bond donors (Lipinski definition) is 1. The SMILES string of the molecule is O=C(COc1ccc(Cl)c(Cl)c1)NCCc1cc[n+](Cc2ccc(S(=O)(=O)F)cc2)cc1.[Br-]. The molecule has 0 radical (unpaired) electrons. The Kier molecular flexibility index (Phi) is 10.1. The van der Waals surface area contributed by atoms with Crippen LogP contribution < -0.4 is 31.6 Å². The molecule has 11 heteroatoms. The number of halogens is 4. The number of hydrogen-bond acceptors (Lipinski definition) is 4. The molecule has 3 aromatic rings. The average Bonchev–Trinajstić information content (AvgIpc) is 2.75. The molecule has 0 aliphatic rings. The van der Waals surface area contributed by atoms with Crippen molar-refractivity contribution in [1.82, 2.24) is 5.32 Å². The molecule has 0 atom stereocenters. The van der Waals surface area contributed by atoms with Gasteiger partial charge in [-0.2, -0.15) is 8.42 Å². The second-order valence-corrected chi connectivity index (χ2v) is 9.09. The van der Waals surface area contributed by atoms with Gasteiger partial charge in [0, 0.05) is 30.3 Å². The summed E-state index contributed by atoms with van der Waals surface area (Å²) in [6.45, 7) is 0.831. The van der Waals surface area contributed by atoms with Crippen LogP contribution in [0.4, 0.5) is 3.89 Å². The Balaban J connectivity index is 0.00000385. The molecule has 176 valence electrons. The van der Waals surface area contributed by atoms with E-state index in [-0.39, 0.29) is 34.4 Å². The molecule has 0 saturated heterocycles. The van der Waals surface area contributed by atoms with Crippen molar-refractivity contribution in [3.05, 3.63) is 88.2 Å². The van der Waals surface area contributed by atoms with Crippen LogP contribution in [0.25, 0.3) is 0 Å². The maximum absolute atomic E-state index is 12.9. The predicted octanol–water partition coefficient (Wildman–Crippen LogP) is 0.729. The molecule has 1 aromatic heterocycles. The van der Waals surface area contributed by atoms with Crippen LogP contribution in [0, 0.1) is 0 Å². The van der Waals surface area contributed by atoms with Gasteiger partial charge < -0.3 is 27.0 Å². The lowest BCUT2D eigenvalue weighted by Gasteiger charge is -2.08. The summed E-state index contributed by atoms with van der Waals surface area (Å²) in [6, 6.07) is 14.3. The van der Waals surface area contributed by atoms with E-state index in [0.29, 0.717) is 35.3 Å². The number of nitrogens with zero attached hydrogens (tertiary/aromatic N) is 1. The fourth-order valence-electron chi connectivity index (χ4n) is 2.84. The van der Waals surface area contributed by atoms with E-state index >= 15 is 0 Å². The molecule has 0 unspecified atom stereocenters. The normalized spacial score (nSPS) is 10.9. The van der Waals surface area contributed by atoms with Crippen molar-refractivity contribution in [2.45, 2.75) is 17.9 Å². The standard InChI is InChI=1S/C22H19Cl2FN2O4S.BrH/c23-20-6-3-18(13-21(20)24)31-15-22(28)26-10-7-16-8-11-27(12-9-16)14-17-1-4-19(5-2-17)32(25,29)30;/h1-6,8-9,11-13H,7,10,14-15H2;1H. The van der Waals surface area contributed by atoms with Gasteiger partial charge in [0.15, 0.2) is 25.5 Å². The van der Waals surface area contributed by atoms with Crippen LogP contribution in [0.2, 0.25) is 10.0 Å². The molecule has 0 fully saturated rings. The van der Waals surface area contributed by atoms with Crippen LogP contribution in [-0.4, -0.2) is 27.5 Å². The highest BCUT2D eigenvalue weighted by atomic mass is 79.9. The van der Waals surface area contributed by atoms with Crippen molar-refractivity contribution in [2.24, 2.45) is 0 Å². The number of rotatable bonds is 9. The smallest absolute Gasteiger partial charge is 0.332 e. The molecule has 1 heterocycles. The highest BCUT2D eigenvalue weighted by Gasteiger charge is 2.12. The van der Waals surface area contributed by atoms with Crippen molar-refractivity contribution in [2.75, 3.05) is 13.2 Å². The van der Waals surface area contributed by atoms with E-state index in [1.165, 1.54) is 12.1 Å². The summed E-state index contributed by atoms with van der Waals surface area (Å²) < 4.78 is 42.0. The first kappa shape index (κ1) is 27.0. The monoisotopic (exact) mass is 576 g/mol. The minimum Gasteiger partial charge on any atom is -1.00 e. The van der Waals surface area contributed by atoms with Gasteiger partial charge in [-0.25, -0.2) is 4.57 Å². The van der Waals surface area contributed by atoms with E-state index in [4.69, 9.17) is 27.9 Å². The summed E-state index contributed by atoms with van der Waals surface area (Å²) in [6.07, 6.45) is 4.40. The molecule has 0 saturated carbocycles. The van der Waals surface area contributed by atoms with Crippen molar-refractivity contribution in [3.8, 4) is 5.75 Å². The molecule has 0 spiro atoms. The number of carbonyl (C=O) groups excluding carboxylic acids is 1. The molecule has 0 aliphatic carbocycles. The Morgan fingerprint density at radius 2 is 1.64 bits per heavy atom. The zero-order valence-electron chi connectivity index (χ0n) is 17.2. The molecule has 6 nitrogen and oxygen atoms in total. The van der Waals surface area contributed by atoms with Crippen molar-refractivity contribution < 1.29 is 43.4 Å². The van der Waals surface area contributed by atoms with Crippen molar-refractivity contribution in [3.63, 3.8) is 0 Å². The van der Waals surface area contributed by atoms with Crippen LogP contribution in [0.15, 0.2) is 71.9 Å².